The average molecular weight is 304 g/mol. The van der Waals surface area contributed by atoms with E-state index in [0.717, 1.165) is 0 Å². The minimum atomic E-state index is -0.909. The molecule has 4 nitrogen and oxygen atoms in total. The maximum Gasteiger partial charge on any atom is 0.311 e. The Hall–Kier alpha value is -2.56. The number of ether oxygens (including phenoxy) is 2. The molecule has 5 heteroatoms. The summed E-state index contributed by atoms with van der Waals surface area (Å²) in [6, 6.07) is 12.5. The van der Waals surface area contributed by atoms with E-state index in [1.54, 1.807) is 31.4 Å². The summed E-state index contributed by atoms with van der Waals surface area (Å²) in [5, 5.41) is 9.35. The second-order valence-corrected chi connectivity index (χ2v) is 4.76. The van der Waals surface area contributed by atoms with E-state index in [1.807, 2.05) is 0 Å². The van der Waals surface area contributed by atoms with Crippen molar-refractivity contribution in [3.63, 3.8) is 0 Å². The Morgan fingerprint density at radius 2 is 1.68 bits per heavy atom. The Balaban J connectivity index is 1.96. The zero-order valence-electron chi connectivity index (χ0n) is 12.2. The molecule has 2 rings (SSSR count). The maximum atomic E-state index is 12.8. The van der Waals surface area contributed by atoms with Gasteiger partial charge in [-0.3, -0.25) is 4.79 Å². The van der Waals surface area contributed by atoms with Gasteiger partial charge in [-0.2, -0.15) is 0 Å². The van der Waals surface area contributed by atoms with Crippen LogP contribution in [0.3, 0.4) is 0 Å². The monoisotopic (exact) mass is 304 g/mol. The van der Waals surface area contributed by atoms with Gasteiger partial charge in [0.25, 0.3) is 0 Å². The smallest absolute Gasteiger partial charge is 0.311 e. The summed E-state index contributed by atoms with van der Waals surface area (Å²) < 4.78 is 23.3. The molecule has 0 saturated carbocycles. The quantitative estimate of drug-likeness (QED) is 0.851. The van der Waals surface area contributed by atoms with Crippen LogP contribution in [-0.2, 0) is 4.79 Å². The predicted octanol–water partition coefficient (Wildman–Crippen LogP) is 3.47. The third-order valence-electron chi connectivity index (χ3n) is 3.31. The summed E-state index contributed by atoms with van der Waals surface area (Å²) in [4.78, 5) is 11.4. The maximum absolute atomic E-state index is 12.8. The van der Waals surface area contributed by atoms with E-state index < -0.39 is 11.9 Å². The molecule has 0 bridgehead atoms. The molecule has 0 saturated heterocycles. The number of methoxy groups -OCH3 is 1. The van der Waals surface area contributed by atoms with Crippen LogP contribution in [0.4, 0.5) is 4.39 Å². The van der Waals surface area contributed by atoms with Gasteiger partial charge >= 0.3 is 5.97 Å². The first-order valence-electron chi connectivity index (χ1n) is 6.85. The van der Waals surface area contributed by atoms with Crippen molar-refractivity contribution in [2.45, 2.75) is 12.3 Å². The average Bonchev–Trinajstić information content (AvgIpc) is 2.53. The summed E-state index contributed by atoms with van der Waals surface area (Å²) in [6.07, 6.45) is 0.318. The lowest BCUT2D eigenvalue weighted by atomic mass is 9.96. The van der Waals surface area contributed by atoms with Crippen LogP contribution in [0.25, 0.3) is 0 Å². The van der Waals surface area contributed by atoms with Crippen molar-refractivity contribution in [2.75, 3.05) is 13.7 Å². The highest BCUT2D eigenvalue weighted by Crippen LogP contribution is 2.23. The number of hydrogen-bond donors (Lipinski definition) is 1. The van der Waals surface area contributed by atoms with Gasteiger partial charge < -0.3 is 14.6 Å². The number of carboxylic acid groups (broad SMARTS) is 1. The summed E-state index contributed by atoms with van der Waals surface area (Å²) in [5.41, 5.74) is 0.691. The minimum Gasteiger partial charge on any atom is -0.497 e. The Kier molecular flexibility index (Phi) is 5.36. The van der Waals surface area contributed by atoms with Crippen molar-refractivity contribution in [3.8, 4) is 11.5 Å². The molecule has 1 N–H and O–H groups in total. The van der Waals surface area contributed by atoms with Gasteiger partial charge in [-0.15, -0.1) is 0 Å². The molecule has 2 aromatic carbocycles. The molecule has 0 aliphatic rings. The van der Waals surface area contributed by atoms with Crippen LogP contribution in [0.5, 0.6) is 11.5 Å². The van der Waals surface area contributed by atoms with E-state index in [1.165, 1.54) is 24.3 Å². The van der Waals surface area contributed by atoms with E-state index in [9.17, 15) is 14.3 Å². The standard InChI is InChI=1S/C17H17FO4/c1-21-14-6-2-12(3-7-14)16(17(19)20)10-11-22-15-8-4-13(18)5-9-15/h2-9,16H,10-11H2,1H3,(H,19,20). The van der Waals surface area contributed by atoms with Crippen molar-refractivity contribution in [1.29, 1.82) is 0 Å². The highest BCUT2D eigenvalue weighted by atomic mass is 19.1. The molecule has 0 radical (unpaired) electrons. The largest absolute Gasteiger partial charge is 0.497 e. The molecular formula is C17H17FO4. The van der Waals surface area contributed by atoms with Gasteiger partial charge in [-0.1, -0.05) is 12.1 Å². The molecule has 1 atom stereocenters. The summed E-state index contributed by atoms with van der Waals surface area (Å²) >= 11 is 0. The SMILES string of the molecule is COc1ccc(C(CCOc2ccc(F)cc2)C(=O)O)cc1. The molecule has 0 fully saturated rings. The number of rotatable bonds is 7. The molecule has 0 aromatic heterocycles. The number of carbonyl (C=O) groups is 1. The molecule has 0 aliphatic heterocycles. The number of benzene rings is 2. The zero-order chi connectivity index (χ0) is 15.9. The fourth-order valence-electron chi connectivity index (χ4n) is 2.09. The second kappa shape index (κ2) is 7.45. The fraction of sp³-hybridized carbons (Fsp3) is 0.235. The van der Waals surface area contributed by atoms with Crippen LogP contribution < -0.4 is 9.47 Å². The van der Waals surface area contributed by atoms with Crippen LogP contribution in [0.2, 0.25) is 0 Å². The van der Waals surface area contributed by atoms with Gasteiger partial charge in [0.1, 0.15) is 17.3 Å². The van der Waals surface area contributed by atoms with Crippen molar-refractivity contribution in [3.05, 3.63) is 59.9 Å². The lowest BCUT2D eigenvalue weighted by Gasteiger charge is -2.14. The van der Waals surface area contributed by atoms with E-state index in [4.69, 9.17) is 9.47 Å². The number of hydrogen-bond acceptors (Lipinski definition) is 3. The Labute approximate surface area is 128 Å². The van der Waals surface area contributed by atoms with Crippen molar-refractivity contribution in [1.82, 2.24) is 0 Å². The van der Waals surface area contributed by atoms with Crippen LogP contribution in [0, 0.1) is 5.82 Å². The third kappa shape index (κ3) is 4.22. The van der Waals surface area contributed by atoms with Gasteiger partial charge in [0.15, 0.2) is 0 Å². The van der Waals surface area contributed by atoms with Crippen LogP contribution >= 0.6 is 0 Å². The Morgan fingerprint density at radius 1 is 1.09 bits per heavy atom. The zero-order valence-corrected chi connectivity index (χ0v) is 12.2. The number of halogens is 1. The van der Waals surface area contributed by atoms with Crippen LogP contribution in [0.15, 0.2) is 48.5 Å². The van der Waals surface area contributed by atoms with Crippen molar-refractivity contribution in [2.24, 2.45) is 0 Å². The van der Waals surface area contributed by atoms with Gasteiger partial charge in [0.2, 0.25) is 0 Å². The van der Waals surface area contributed by atoms with Gasteiger partial charge in [-0.25, -0.2) is 4.39 Å². The molecule has 0 amide bonds. The van der Waals surface area contributed by atoms with Crippen molar-refractivity contribution < 1.29 is 23.8 Å². The van der Waals surface area contributed by atoms with Gasteiger partial charge in [0.05, 0.1) is 19.6 Å². The minimum absolute atomic E-state index is 0.231. The molecule has 22 heavy (non-hydrogen) atoms. The summed E-state index contributed by atoms with van der Waals surface area (Å²) in [7, 11) is 1.56. The highest BCUT2D eigenvalue weighted by molar-refractivity contribution is 5.76. The van der Waals surface area contributed by atoms with Gasteiger partial charge in [-0.05, 0) is 48.4 Å². The van der Waals surface area contributed by atoms with E-state index >= 15 is 0 Å². The van der Waals surface area contributed by atoms with Crippen molar-refractivity contribution >= 4 is 5.97 Å². The third-order valence-corrected chi connectivity index (χ3v) is 3.31. The second-order valence-electron chi connectivity index (χ2n) is 4.76. The molecule has 116 valence electrons. The first kappa shape index (κ1) is 15.8. The molecule has 0 aliphatic carbocycles. The fourth-order valence-corrected chi connectivity index (χ4v) is 2.09. The highest BCUT2D eigenvalue weighted by Gasteiger charge is 2.19. The van der Waals surface area contributed by atoms with E-state index in [2.05, 4.69) is 0 Å². The normalized spacial score (nSPS) is 11.7. The van der Waals surface area contributed by atoms with E-state index in [-0.39, 0.29) is 12.4 Å². The lowest BCUT2D eigenvalue weighted by molar-refractivity contribution is -0.139. The Bertz CT molecular complexity index is 608. The molecule has 0 spiro atoms. The first-order valence-corrected chi connectivity index (χ1v) is 6.85. The van der Waals surface area contributed by atoms with E-state index in [0.29, 0.717) is 23.5 Å². The molecule has 0 heterocycles. The molecular weight excluding hydrogens is 287 g/mol. The number of aliphatic carboxylic acids is 1. The summed E-state index contributed by atoms with van der Waals surface area (Å²) in [6.45, 7) is 0.231. The molecule has 1 unspecified atom stereocenters. The van der Waals surface area contributed by atoms with Gasteiger partial charge in [0, 0.05) is 0 Å². The predicted molar refractivity (Wildman–Crippen MR) is 79.9 cm³/mol. The van der Waals surface area contributed by atoms with Crippen LogP contribution in [0.1, 0.15) is 17.9 Å². The summed E-state index contributed by atoms with van der Waals surface area (Å²) in [5.74, 6) is -0.719. The molecule has 2 aromatic rings. The topological polar surface area (TPSA) is 55.8 Å². The Morgan fingerprint density at radius 3 is 2.23 bits per heavy atom. The van der Waals surface area contributed by atoms with Crippen LogP contribution in [-0.4, -0.2) is 24.8 Å². The first-order chi connectivity index (χ1) is 10.6. The number of carboxylic acids is 1. The lowest BCUT2D eigenvalue weighted by Crippen LogP contribution is -2.15.